The summed E-state index contributed by atoms with van der Waals surface area (Å²) < 4.78 is 11.3. The third kappa shape index (κ3) is 3.18. The molecule has 0 spiro atoms. The maximum Gasteiger partial charge on any atom is 0.249 e. The minimum atomic E-state index is 0.131. The topological polar surface area (TPSA) is 51.7 Å². The van der Waals surface area contributed by atoms with Crippen LogP contribution in [-0.2, 0) is 9.53 Å². The van der Waals surface area contributed by atoms with Gasteiger partial charge in [0.25, 0.3) is 0 Å². The summed E-state index contributed by atoms with van der Waals surface area (Å²) >= 11 is 0. The number of rotatable bonds is 5. The molecule has 2 aliphatic heterocycles. The highest BCUT2D eigenvalue weighted by Crippen LogP contribution is 2.37. The van der Waals surface area contributed by atoms with Gasteiger partial charge >= 0.3 is 0 Å². The Morgan fingerprint density at radius 1 is 1.29 bits per heavy atom. The molecular weight excluding hydrogens is 268 g/mol. The van der Waals surface area contributed by atoms with Gasteiger partial charge in [0.1, 0.15) is 18.5 Å². The summed E-state index contributed by atoms with van der Waals surface area (Å²) in [6, 6.07) is 4.38. The van der Waals surface area contributed by atoms with Gasteiger partial charge in [-0.05, 0) is 31.9 Å². The number of hydrogen-bond acceptors (Lipinski definition) is 4. The van der Waals surface area contributed by atoms with Crippen molar-refractivity contribution < 1.29 is 14.3 Å². The molecule has 2 atom stereocenters. The van der Waals surface area contributed by atoms with Crippen molar-refractivity contribution in [1.29, 1.82) is 0 Å². The fraction of sp³-hybridized carbons (Fsp3) is 0.625. The Morgan fingerprint density at radius 2 is 1.95 bits per heavy atom. The first kappa shape index (κ1) is 14.3. The molecule has 21 heavy (non-hydrogen) atoms. The molecule has 0 N–H and O–H groups in total. The summed E-state index contributed by atoms with van der Waals surface area (Å²) in [5.74, 6) is 0.996. The second-order valence-corrected chi connectivity index (χ2v) is 5.72. The number of carbonyl (C=O) groups is 1. The minimum Gasteiger partial charge on any atom is -0.490 e. The average molecular weight is 290 g/mol. The van der Waals surface area contributed by atoms with E-state index >= 15 is 0 Å². The molecule has 2 saturated heterocycles. The Labute approximate surface area is 125 Å². The lowest BCUT2D eigenvalue weighted by molar-refractivity contribution is -0.141. The predicted octanol–water partition coefficient (Wildman–Crippen LogP) is 2.02. The van der Waals surface area contributed by atoms with E-state index in [1.807, 2.05) is 24.0 Å². The van der Waals surface area contributed by atoms with Crippen LogP contribution in [0.4, 0.5) is 0 Å². The average Bonchev–Trinajstić information content (AvgIpc) is 2.77. The quantitative estimate of drug-likeness (QED) is 0.832. The molecule has 2 bridgehead atoms. The fourth-order valence-corrected chi connectivity index (χ4v) is 3.50. The number of hydrogen-bond donors (Lipinski definition) is 0. The van der Waals surface area contributed by atoms with Gasteiger partial charge in [-0.15, -0.1) is 0 Å². The van der Waals surface area contributed by atoms with E-state index in [9.17, 15) is 4.79 Å². The molecule has 2 fully saturated rings. The number of ether oxygens (including phenoxy) is 2. The molecular formula is C16H22N2O3. The molecule has 1 aromatic rings. The van der Waals surface area contributed by atoms with Crippen molar-refractivity contribution >= 4 is 5.91 Å². The van der Waals surface area contributed by atoms with E-state index < -0.39 is 0 Å². The van der Waals surface area contributed by atoms with E-state index in [1.54, 1.807) is 12.4 Å². The maximum absolute atomic E-state index is 12.2. The summed E-state index contributed by atoms with van der Waals surface area (Å²) in [6.45, 7) is 2.71. The lowest BCUT2D eigenvalue weighted by Gasteiger charge is -2.38. The van der Waals surface area contributed by atoms with Gasteiger partial charge in [0.05, 0.1) is 0 Å². The van der Waals surface area contributed by atoms with Crippen LogP contribution in [0.25, 0.3) is 0 Å². The van der Waals surface area contributed by atoms with Crippen molar-refractivity contribution in [3.63, 3.8) is 0 Å². The molecule has 1 amide bonds. The number of pyridine rings is 1. The van der Waals surface area contributed by atoms with Gasteiger partial charge in [0.2, 0.25) is 5.91 Å². The SMILES string of the molecule is CCOCC(=O)N1C2CCC1CC(Oc1ccncc1)C2. The monoisotopic (exact) mass is 290 g/mol. The molecule has 0 aliphatic carbocycles. The van der Waals surface area contributed by atoms with Crippen molar-refractivity contribution in [2.24, 2.45) is 0 Å². The van der Waals surface area contributed by atoms with E-state index in [4.69, 9.17) is 9.47 Å². The zero-order chi connectivity index (χ0) is 14.7. The second kappa shape index (κ2) is 6.43. The summed E-state index contributed by atoms with van der Waals surface area (Å²) in [4.78, 5) is 18.3. The lowest BCUT2D eigenvalue weighted by atomic mass is 9.99. The zero-order valence-electron chi connectivity index (χ0n) is 12.4. The Bertz CT molecular complexity index is 466. The van der Waals surface area contributed by atoms with Crippen molar-refractivity contribution in [3.8, 4) is 5.75 Å². The predicted molar refractivity (Wildman–Crippen MR) is 78.0 cm³/mol. The number of piperidine rings is 1. The smallest absolute Gasteiger partial charge is 0.249 e. The molecule has 0 saturated carbocycles. The molecule has 1 aromatic heterocycles. The first-order valence-electron chi connectivity index (χ1n) is 7.73. The van der Waals surface area contributed by atoms with Crippen molar-refractivity contribution in [3.05, 3.63) is 24.5 Å². The Hall–Kier alpha value is -1.62. The van der Waals surface area contributed by atoms with Gasteiger partial charge in [0, 0.05) is 43.9 Å². The highest BCUT2D eigenvalue weighted by atomic mass is 16.5. The Kier molecular flexibility index (Phi) is 4.39. The van der Waals surface area contributed by atoms with Gasteiger partial charge < -0.3 is 14.4 Å². The van der Waals surface area contributed by atoms with Crippen molar-refractivity contribution in [1.82, 2.24) is 9.88 Å². The first-order chi connectivity index (χ1) is 10.3. The van der Waals surface area contributed by atoms with E-state index in [-0.39, 0.29) is 18.6 Å². The van der Waals surface area contributed by atoms with Crippen molar-refractivity contribution in [2.75, 3.05) is 13.2 Å². The van der Waals surface area contributed by atoms with Crippen LogP contribution in [0.1, 0.15) is 32.6 Å². The maximum atomic E-state index is 12.2. The summed E-state index contributed by atoms with van der Waals surface area (Å²) in [7, 11) is 0. The van der Waals surface area contributed by atoms with Gasteiger partial charge in [-0.1, -0.05) is 0 Å². The van der Waals surface area contributed by atoms with Gasteiger partial charge in [-0.3, -0.25) is 9.78 Å². The molecule has 0 aromatic carbocycles. The van der Waals surface area contributed by atoms with Crippen molar-refractivity contribution in [2.45, 2.75) is 50.8 Å². The van der Waals surface area contributed by atoms with Crippen LogP contribution in [0.3, 0.4) is 0 Å². The number of fused-ring (bicyclic) bond motifs is 2. The van der Waals surface area contributed by atoms with Crippen LogP contribution in [0.5, 0.6) is 5.75 Å². The van der Waals surface area contributed by atoms with Crippen LogP contribution >= 0.6 is 0 Å². The molecule has 2 unspecified atom stereocenters. The first-order valence-corrected chi connectivity index (χ1v) is 7.73. The number of aromatic nitrogens is 1. The van der Waals surface area contributed by atoms with Gasteiger partial charge in [-0.25, -0.2) is 0 Å². The number of carbonyl (C=O) groups excluding carboxylic acids is 1. The van der Waals surface area contributed by atoms with E-state index in [0.717, 1.165) is 31.4 Å². The highest BCUT2D eigenvalue weighted by Gasteiger charge is 2.43. The lowest BCUT2D eigenvalue weighted by Crippen LogP contribution is -2.50. The van der Waals surface area contributed by atoms with E-state index in [1.165, 1.54) is 0 Å². The highest BCUT2D eigenvalue weighted by molar-refractivity contribution is 5.78. The molecule has 3 rings (SSSR count). The zero-order valence-corrected chi connectivity index (χ0v) is 12.4. The molecule has 2 aliphatic rings. The third-order valence-corrected chi connectivity index (χ3v) is 4.36. The molecule has 5 nitrogen and oxygen atoms in total. The van der Waals surface area contributed by atoms with Crippen LogP contribution in [0, 0.1) is 0 Å². The van der Waals surface area contributed by atoms with E-state index in [2.05, 4.69) is 4.98 Å². The minimum absolute atomic E-state index is 0.131. The van der Waals surface area contributed by atoms with Crippen LogP contribution in [0.15, 0.2) is 24.5 Å². The van der Waals surface area contributed by atoms with Gasteiger partial charge in [0.15, 0.2) is 0 Å². The second-order valence-electron chi connectivity index (χ2n) is 5.72. The van der Waals surface area contributed by atoms with Crippen LogP contribution in [-0.4, -0.2) is 47.2 Å². The molecule has 114 valence electrons. The van der Waals surface area contributed by atoms with Crippen LogP contribution in [0.2, 0.25) is 0 Å². The fourth-order valence-electron chi connectivity index (χ4n) is 3.50. The standard InChI is InChI=1S/C16H22N2O3/c1-2-20-11-16(19)18-12-3-4-13(18)10-15(9-12)21-14-5-7-17-8-6-14/h5-8,12-13,15H,2-4,9-11H2,1H3. The molecule has 5 heteroatoms. The van der Waals surface area contributed by atoms with E-state index in [0.29, 0.717) is 18.7 Å². The third-order valence-electron chi connectivity index (χ3n) is 4.36. The molecule has 3 heterocycles. The number of nitrogens with zero attached hydrogens (tertiary/aromatic N) is 2. The largest absolute Gasteiger partial charge is 0.490 e. The summed E-state index contributed by atoms with van der Waals surface area (Å²) in [5, 5.41) is 0. The summed E-state index contributed by atoms with van der Waals surface area (Å²) in [6.07, 6.45) is 7.67. The van der Waals surface area contributed by atoms with Crippen LogP contribution < -0.4 is 4.74 Å². The number of amides is 1. The molecule has 0 radical (unpaired) electrons. The Morgan fingerprint density at radius 3 is 2.57 bits per heavy atom. The summed E-state index contributed by atoms with van der Waals surface area (Å²) in [5.41, 5.74) is 0. The van der Waals surface area contributed by atoms with Gasteiger partial charge in [-0.2, -0.15) is 0 Å². The normalized spacial score (nSPS) is 27.7. The Balaban J connectivity index is 1.60.